The van der Waals surface area contributed by atoms with Crippen LogP contribution in [0.15, 0.2) is 42.5 Å². The summed E-state index contributed by atoms with van der Waals surface area (Å²) in [7, 11) is 1.85. The van der Waals surface area contributed by atoms with Crippen LogP contribution in [0.2, 0.25) is 0 Å². The van der Waals surface area contributed by atoms with Crippen LogP contribution in [-0.4, -0.2) is 26.0 Å². The quantitative estimate of drug-likeness (QED) is 0.871. The first-order chi connectivity index (χ1) is 8.75. The summed E-state index contributed by atoms with van der Waals surface area (Å²) in [5.74, 6) is 0.338. The minimum absolute atomic E-state index is 0.140. The van der Waals surface area contributed by atoms with Gasteiger partial charge in [0.15, 0.2) is 0 Å². The SMILES string of the molecule is CN(C(=O)C1CNC1)c1ccc2ccccc2c1. The topological polar surface area (TPSA) is 32.3 Å². The van der Waals surface area contributed by atoms with E-state index in [0.29, 0.717) is 0 Å². The zero-order valence-corrected chi connectivity index (χ0v) is 10.4. The first kappa shape index (κ1) is 11.2. The summed E-state index contributed by atoms with van der Waals surface area (Å²) >= 11 is 0. The molecular weight excluding hydrogens is 224 g/mol. The van der Waals surface area contributed by atoms with E-state index in [4.69, 9.17) is 0 Å². The van der Waals surface area contributed by atoms with Crippen LogP contribution in [0.1, 0.15) is 0 Å². The van der Waals surface area contributed by atoms with Crippen molar-refractivity contribution in [1.82, 2.24) is 5.32 Å². The molecule has 0 aromatic heterocycles. The molecule has 0 unspecified atom stereocenters. The lowest BCUT2D eigenvalue weighted by Crippen LogP contribution is -2.51. The molecule has 2 aromatic carbocycles. The molecule has 0 radical (unpaired) electrons. The van der Waals surface area contributed by atoms with Crippen molar-refractivity contribution in [3.05, 3.63) is 42.5 Å². The normalized spacial score (nSPS) is 15.4. The number of rotatable bonds is 2. The Kier molecular flexibility index (Phi) is 2.76. The van der Waals surface area contributed by atoms with Gasteiger partial charge in [0.25, 0.3) is 0 Å². The second kappa shape index (κ2) is 4.42. The first-order valence-corrected chi connectivity index (χ1v) is 6.23. The van der Waals surface area contributed by atoms with E-state index in [1.807, 2.05) is 25.2 Å². The fourth-order valence-electron chi connectivity index (χ4n) is 2.25. The molecule has 0 atom stereocenters. The van der Waals surface area contributed by atoms with Gasteiger partial charge in [0, 0.05) is 25.8 Å². The van der Waals surface area contributed by atoms with Crippen molar-refractivity contribution in [3.8, 4) is 0 Å². The lowest BCUT2D eigenvalue weighted by atomic mass is 10.0. The maximum atomic E-state index is 12.1. The average Bonchev–Trinajstić information content (AvgIpc) is 2.35. The van der Waals surface area contributed by atoms with Gasteiger partial charge in [-0.1, -0.05) is 30.3 Å². The highest BCUT2D eigenvalue weighted by Gasteiger charge is 2.28. The molecule has 0 aliphatic carbocycles. The molecule has 3 heteroatoms. The van der Waals surface area contributed by atoms with Gasteiger partial charge in [0.1, 0.15) is 0 Å². The molecule has 0 spiro atoms. The molecule has 0 bridgehead atoms. The van der Waals surface area contributed by atoms with Gasteiger partial charge in [0.05, 0.1) is 5.92 Å². The van der Waals surface area contributed by atoms with Gasteiger partial charge in [-0.15, -0.1) is 0 Å². The third-order valence-corrected chi connectivity index (χ3v) is 3.58. The van der Waals surface area contributed by atoms with Crippen LogP contribution >= 0.6 is 0 Å². The molecular formula is C15H16N2O. The second-order valence-electron chi connectivity index (χ2n) is 4.78. The summed E-state index contributed by atoms with van der Waals surface area (Å²) in [6.45, 7) is 1.60. The van der Waals surface area contributed by atoms with Crippen LogP contribution in [0.5, 0.6) is 0 Å². The van der Waals surface area contributed by atoms with Crippen molar-refractivity contribution in [3.63, 3.8) is 0 Å². The fourth-order valence-corrected chi connectivity index (χ4v) is 2.25. The molecule has 0 saturated carbocycles. The molecule has 1 fully saturated rings. The summed E-state index contributed by atoms with van der Waals surface area (Å²) in [5.41, 5.74) is 0.964. The number of amides is 1. The zero-order chi connectivity index (χ0) is 12.5. The molecule has 3 rings (SSSR count). The molecule has 1 amide bonds. The molecule has 1 saturated heterocycles. The van der Waals surface area contributed by atoms with E-state index in [0.717, 1.165) is 18.8 Å². The molecule has 92 valence electrons. The van der Waals surface area contributed by atoms with E-state index in [2.05, 4.69) is 29.6 Å². The molecule has 18 heavy (non-hydrogen) atoms. The van der Waals surface area contributed by atoms with Gasteiger partial charge in [0.2, 0.25) is 5.91 Å². The van der Waals surface area contributed by atoms with Crippen molar-refractivity contribution >= 4 is 22.4 Å². The minimum atomic E-state index is 0.140. The largest absolute Gasteiger partial charge is 0.315 e. The number of hydrogen-bond acceptors (Lipinski definition) is 2. The van der Waals surface area contributed by atoms with E-state index in [1.165, 1.54) is 10.8 Å². The Labute approximate surface area is 106 Å². The summed E-state index contributed by atoms with van der Waals surface area (Å²) < 4.78 is 0. The van der Waals surface area contributed by atoms with Gasteiger partial charge < -0.3 is 10.2 Å². The maximum Gasteiger partial charge on any atom is 0.232 e. The number of carbonyl (C=O) groups excluding carboxylic acids is 1. The molecule has 3 nitrogen and oxygen atoms in total. The third kappa shape index (κ3) is 1.87. The van der Waals surface area contributed by atoms with E-state index in [-0.39, 0.29) is 11.8 Å². The summed E-state index contributed by atoms with van der Waals surface area (Å²) in [5, 5.41) is 5.50. The number of hydrogen-bond donors (Lipinski definition) is 1. The number of benzene rings is 2. The van der Waals surface area contributed by atoms with Crippen molar-refractivity contribution in [2.45, 2.75) is 0 Å². The number of carbonyl (C=O) groups is 1. The van der Waals surface area contributed by atoms with E-state index >= 15 is 0 Å². The van der Waals surface area contributed by atoms with Crippen molar-refractivity contribution in [1.29, 1.82) is 0 Å². The Morgan fingerprint density at radius 2 is 1.89 bits per heavy atom. The predicted molar refractivity (Wildman–Crippen MR) is 73.7 cm³/mol. The van der Waals surface area contributed by atoms with Crippen molar-refractivity contribution < 1.29 is 4.79 Å². The van der Waals surface area contributed by atoms with Crippen molar-refractivity contribution in [2.24, 2.45) is 5.92 Å². The van der Waals surface area contributed by atoms with E-state index in [9.17, 15) is 4.79 Å². The Balaban J connectivity index is 1.91. The van der Waals surface area contributed by atoms with Gasteiger partial charge in [-0.2, -0.15) is 0 Å². The highest BCUT2D eigenvalue weighted by Crippen LogP contribution is 2.22. The Hall–Kier alpha value is -1.87. The number of anilines is 1. The smallest absolute Gasteiger partial charge is 0.232 e. The summed E-state index contributed by atoms with van der Waals surface area (Å²) in [6.07, 6.45) is 0. The second-order valence-corrected chi connectivity index (χ2v) is 4.78. The monoisotopic (exact) mass is 240 g/mol. The van der Waals surface area contributed by atoms with Gasteiger partial charge in [-0.05, 0) is 22.9 Å². The van der Waals surface area contributed by atoms with Gasteiger partial charge >= 0.3 is 0 Å². The summed E-state index contributed by atoms with van der Waals surface area (Å²) in [4.78, 5) is 13.9. The lowest BCUT2D eigenvalue weighted by Gasteiger charge is -2.30. The van der Waals surface area contributed by atoms with Crippen LogP contribution in [0.25, 0.3) is 10.8 Å². The van der Waals surface area contributed by atoms with Crippen LogP contribution in [0.4, 0.5) is 5.69 Å². The Morgan fingerprint density at radius 3 is 2.56 bits per heavy atom. The maximum absolute atomic E-state index is 12.1. The fraction of sp³-hybridized carbons (Fsp3) is 0.267. The highest BCUT2D eigenvalue weighted by atomic mass is 16.2. The van der Waals surface area contributed by atoms with Crippen LogP contribution in [-0.2, 0) is 4.79 Å². The average molecular weight is 240 g/mol. The minimum Gasteiger partial charge on any atom is -0.315 e. The van der Waals surface area contributed by atoms with E-state index < -0.39 is 0 Å². The van der Waals surface area contributed by atoms with Crippen LogP contribution in [0.3, 0.4) is 0 Å². The number of fused-ring (bicyclic) bond motifs is 1. The third-order valence-electron chi connectivity index (χ3n) is 3.58. The predicted octanol–water partition coefficient (Wildman–Crippen LogP) is 2.02. The highest BCUT2D eigenvalue weighted by molar-refractivity contribution is 5.97. The lowest BCUT2D eigenvalue weighted by molar-refractivity contribution is -0.123. The Morgan fingerprint density at radius 1 is 1.17 bits per heavy atom. The first-order valence-electron chi connectivity index (χ1n) is 6.23. The van der Waals surface area contributed by atoms with Crippen molar-refractivity contribution in [2.75, 3.05) is 25.0 Å². The number of nitrogens with zero attached hydrogens (tertiary/aromatic N) is 1. The summed E-state index contributed by atoms with van der Waals surface area (Å²) in [6, 6.07) is 14.3. The molecule has 1 aliphatic rings. The van der Waals surface area contributed by atoms with Gasteiger partial charge in [-0.3, -0.25) is 4.79 Å². The van der Waals surface area contributed by atoms with E-state index in [1.54, 1.807) is 4.90 Å². The van der Waals surface area contributed by atoms with Crippen LogP contribution in [0, 0.1) is 5.92 Å². The molecule has 2 aromatic rings. The zero-order valence-electron chi connectivity index (χ0n) is 10.4. The van der Waals surface area contributed by atoms with Gasteiger partial charge in [-0.25, -0.2) is 0 Å². The van der Waals surface area contributed by atoms with Crippen LogP contribution < -0.4 is 10.2 Å². The molecule has 1 N–H and O–H groups in total. The Bertz CT molecular complexity index is 590. The molecule has 1 aliphatic heterocycles. The standard InChI is InChI=1S/C15H16N2O/c1-17(15(18)13-9-16-10-13)14-7-6-11-4-2-3-5-12(11)8-14/h2-8,13,16H,9-10H2,1H3. The molecule has 1 heterocycles. The number of nitrogens with one attached hydrogen (secondary N) is 1.